The average molecular weight is 164 g/mol. The van der Waals surface area contributed by atoms with E-state index in [1.54, 1.807) is 12.1 Å². The van der Waals surface area contributed by atoms with Crippen LogP contribution in [-0.2, 0) is 0 Å². The number of ether oxygens (including phenoxy) is 1. The molecule has 1 rings (SSSR count). The van der Waals surface area contributed by atoms with Gasteiger partial charge in [-0.05, 0) is 24.6 Å². The minimum atomic E-state index is 0.174. The van der Waals surface area contributed by atoms with Crippen LogP contribution in [0.5, 0.6) is 11.5 Å². The predicted octanol–water partition coefficient (Wildman–Crippen LogP) is 2.43. The minimum absolute atomic E-state index is 0.174. The Morgan fingerprint density at radius 3 is 2.67 bits per heavy atom. The number of rotatable bonds is 2. The predicted molar refractivity (Wildman–Crippen MR) is 49.4 cm³/mol. The largest absolute Gasteiger partial charge is 0.504 e. The summed E-state index contributed by atoms with van der Waals surface area (Å²) in [6.45, 7) is 1.93. The Kier molecular flexibility index (Phi) is 2.75. The van der Waals surface area contributed by atoms with E-state index in [0.717, 1.165) is 5.56 Å². The zero-order valence-corrected chi connectivity index (χ0v) is 7.24. The first-order valence-corrected chi connectivity index (χ1v) is 3.77. The number of hydrogen-bond acceptors (Lipinski definition) is 2. The lowest BCUT2D eigenvalue weighted by Crippen LogP contribution is -1.83. The van der Waals surface area contributed by atoms with E-state index < -0.39 is 0 Å². The van der Waals surface area contributed by atoms with Crippen molar-refractivity contribution in [2.24, 2.45) is 0 Å². The summed E-state index contributed by atoms with van der Waals surface area (Å²) < 4.78 is 4.90. The number of methoxy groups -OCH3 is 1. The summed E-state index contributed by atoms with van der Waals surface area (Å²) in [5, 5.41) is 9.36. The Labute approximate surface area is 72.1 Å². The molecule has 1 aromatic rings. The van der Waals surface area contributed by atoms with Crippen LogP contribution in [0, 0.1) is 0 Å². The van der Waals surface area contributed by atoms with E-state index in [4.69, 9.17) is 4.74 Å². The molecule has 0 aliphatic rings. The first-order valence-electron chi connectivity index (χ1n) is 3.77. The summed E-state index contributed by atoms with van der Waals surface area (Å²) >= 11 is 0. The van der Waals surface area contributed by atoms with Gasteiger partial charge in [0.2, 0.25) is 0 Å². The Morgan fingerprint density at radius 2 is 2.17 bits per heavy atom. The van der Waals surface area contributed by atoms with Crippen LogP contribution < -0.4 is 4.74 Å². The molecule has 0 atom stereocenters. The van der Waals surface area contributed by atoms with Crippen molar-refractivity contribution in [3.05, 3.63) is 29.8 Å². The fourth-order valence-corrected chi connectivity index (χ4v) is 1.00. The smallest absolute Gasteiger partial charge is 0.160 e. The standard InChI is InChI=1S/C10H12O2/c1-3-4-8-5-6-10(12-2)9(11)7-8/h3-7,11H,1-2H3. The number of phenols is 1. The molecular weight excluding hydrogens is 152 g/mol. The number of allylic oxidation sites excluding steroid dienone is 1. The first kappa shape index (κ1) is 8.65. The molecule has 2 heteroatoms. The maximum absolute atomic E-state index is 9.36. The third kappa shape index (κ3) is 1.78. The zero-order chi connectivity index (χ0) is 8.97. The Morgan fingerprint density at radius 1 is 1.42 bits per heavy atom. The lowest BCUT2D eigenvalue weighted by molar-refractivity contribution is 0.373. The van der Waals surface area contributed by atoms with Gasteiger partial charge in [-0.1, -0.05) is 18.2 Å². The van der Waals surface area contributed by atoms with Crippen LogP contribution in [0.1, 0.15) is 12.5 Å². The average Bonchev–Trinajstić information content (AvgIpc) is 2.05. The van der Waals surface area contributed by atoms with Crippen LogP contribution in [0.25, 0.3) is 6.08 Å². The fourth-order valence-electron chi connectivity index (χ4n) is 1.00. The monoisotopic (exact) mass is 164 g/mol. The highest BCUT2D eigenvalue weighted by Gasteiger charge is 1.99. The molecular formula is C10H12O2. The van der Waals surface area contributed by atoms with Crippen molar-refractivity contribution in [1.29, 1.82) is 0 Å². The summed E-state index contributed by atoms with van der Waals surface area (Å²) in [4.78, 5) is 0. The molecule has 2 nitrogen and oxygen atoms in total. The third-order valence-electron chi connectivity index (χ3n) is 1.56. The lowest BCUT2D eigenvalue weighted by atomic mass is 10.2. The molecule has 0 aliphatic carbocycles. The van der Waals surface area contributed by atoms with Crippen LogP contribution in [0.3, 0.4) is 0 Å². The maximum atomic E-state index is 9.36. The molecule has 64 valence electrons. The van der Waals surface area contributed by atoms with Gasteiger partial charge in [0.05, 0.1) is 7.11 Å². The van der Waals surface area contributed by atoms with Crippen molar-refractivity contribution in [2.45, 2.75) is 6.92 Å². The van der Waals surface area contributed by atoms with Gasteiger partial charge in [0, 0.05) is 0 Å². The van der Waals surface area contributed by atoms with Gasteiger partial charge in [0.15, 0.2) is 11.5 Å². The first-order chi connectivity index (χ1) is 5.77. The van der Waals surface area contributed by atoms with E-state index in [1.807, 2.05) is 25.1 Å². The minimum Gasteiger partial charge on any atom is -0.504 e. The van der Waals surface area contributed by atoms with Crippen LogP contribution in [0.15, 0.2) is 24.3 Å². The van der Waals surface area contributed by atoms with Crippen LogP contribution >= 0.6 is 0 Å². The van der Waals surface area contributed by atoms with Gasteiger partial charge >= 0.3 is 0 Å². The van der Waals surface area contributed by atoms with Crippen molar-refractivity contribution in [3.8, 4) is 11.5 Å². The highest BCUT2D eigenvalue weighted by atomic mass is 16.5. The Balaban J connectivity index is 3.01. The molecule has 0 spiro atoms. The van der Waals surface area contributed by atoms with Gasteiger partial charge in [-0.25, -0.2) is 0 Å². The second-order valence-electron chi connectivity index (χ2n) is 2.43. The molecule has 0 saturated carbocycles. The normalized spacial score (nSPS) is 10.5. The topological polar surface area (TPSA) is 29.5 Å². The van der Waals surface area contributed by atoms with E-state index in [0.29, 0.717) is 5.75 Å². The van der Waals surface area contributed by atoms with Gasteiger partial charge < -0.3 is 9.84 Å². The quantitative estimate of drug-likeness (QED) is 0.727. The van der Waals surface area contributed by atoms with Crippen molar-refractivity contribution in [3.63, 3.8) is 0 Å². The summed E-state index contributed by atoms with van der Waals surface area (Å²) in [5.74, 6) is 0.677. The SMILES string of the molecule is CC=Cc1ccc(OC)c(O)c1. The molecule has 0 saturated heterocycles. The van der Waals surface area contributed by atoms with Crippen molar-refractivity contribution in [2.75, 3.05) is 7.11 Å². The van der Waals surface area contributed by atoms with E-state index in [2.05, 4.69) is 0 Å². The lowest BCUT2D eigenvalue weighted by Gasteiger charge is -2.02. The summed E-state index contributed by atoms with van der Waals surface area (Å²) in [7, 11) is 1.53. The molecule has 0 bridgehead atoms. The molecule has 0 aliphatic heterocycles. The molecule has 0 unspecified atom stereocenters. The Hall–Kier alpha value is -1.44. The van der Waals surface area contributed by atoms with Crippen molar-refractivity contribution in [1.82, 2.24) is 0 Å². The number of phenolic OH excluding ortho intramolecular Hbond substituents is 1. The van der Waals surface area contributed by atoms with Crippen LogP contribution in [0.4, 0.5) is 0 Å². The molecule has 0 radical (unpaired) electrons. The van der Waals surface area contributed by atoms with Crippen molar-refractivity contribution >= 4 is 6.08 Å². The number of aromatic hydroxyl groups is 1. The van der Waals surface area contributed by atoms with Gasteiger partial charge in [-0.2, -0.15) is 0 Å². The Bertz CT molecular complexity index is 290. The second kappa shape index (κ2) is 3.81. The van der Waals surface area contributed by atoms with Crippen LogP contribution in [-0.4, -0.2) is 12.2 Å². The van der Waals surface area contributed by atoms with E-state index in [9.17, 15) is 5.11 Å². The van der Waals surface area contributed by atoms with Gasteiger partial charge in [0.25, 0.3) is 0 Å². The second-order valence-corrected chi connectivity index (χ2v) is 2.43. The van der Waals surface area contributed by atoms with Crippen LogP contribution in [0.2, 0.25) is 0 Å². The summed E-state index contributed by atoms with van der Waals surface area (Å²) in [6.07, 6.45) is 3.83. The molecule has 12 heavy (non-hydrogen) atoms. The number of hydrogen-bond donors (Lipinski definition) is 1. The molecule has 1 N–H and O–H groups in total. The zero-order valence-electron chi connectivity index (χ0n) is 7.24. The molecule has 1 aromatic carbocycles. The summed E-state index contributed by atoms with van der Waals surface area (Å²) in [5.41, 5.74) is 0.968. The van der Waals surface area contributed by atoms with Gasteiger partial charge in [-0.15, -0.1) is 0 Å². The van der Waals surface area contributed by atoms with Gasteiger partial charge in [-0.3, -0.25) is 0 Å². The molecule has 0 aromatic heterocycles. The van der Waals surface area contributed by atoms with E-state index >= 15 is 0 Å². The molecule has 0 amide bonds. The fraction of sp³-hybridized carbons (Fsp3) is 0.200. The number of benzene rings is 1. The highest BCUT2D eigenvalue weighted by molar-refractivity contribution is 5.55. The van der Waals surface area contributed by atoms with E-state index in [1.165, 1.54) is 7.11 Å². The maximum Gasteiger partial charge on any atom is 0.160 e. The summed E-state index contributed by atoms with van der Waals surface area (Å²) in [6, 6.07) is 5.29. The highest BCUT2D eigenvalue weighted by Crippen LogP contribution is 2.26. The molecule has 0 fully saturated rings. The third-order valence-corrected chi connectivity index (χ3v) is 1.56. The molecule has 0 heterocycles. The van der Waals surface area contributed by atoms with Gasteiger partial charge in [0.1, 0.15) is 0 Å². The van der Waals surface area contributed by atoms with Crippen molar-refractivity contribution < 1.29 is 9.84 Å². The van der Waals surface area contributed by atoms with E-state index in [-0.39, 0.29) is 5.75 Å².